The fourth-order valence-corrected chi connectivity index (χ4v) is 2.61. The molecular weight excluding hydrogens is 268 g/mol. The largest absolute Gasteiger partial charge is 0.320 e. The Morgan fingerprint density at radius 3 is 2.85 bits per heavy atom. The van der Waals surface area contributed by atoms with Gasteiger partial charge in [-0.3, -0.25) is 0 Å². The first kappa shape index (κ1) is 14.5. The molecule has 20 heavy (non-hydrogen) atoms. The number of nitrogens with zero attached hydrogens (tertiary/aromatic N) is 3. The monoisotopic (exact) mass is 286 g/mol. The van der Waals surface area contributed by atoms with Gasteiger partial charge in [0.05, 0.1) is 16.9 Å². The number of anilines is 2. The van der Waals surface area contributed by atoms with Crippen molar-refractivity contribution < 1.29 is 0 Å². The van der Waals surface area contributed by atoms with E-state index in [0.717, 1.165) is 23.1 Å². The molecular formula is C15H18N4S. The summed E-state index contributed by atoms with van der Waals surface area (Å²) in [7, 11) is 1.94. The molecule has 2 rings (SSSR count). The summed E-state index contributed by atoms with van der Waals surface area (Å²) in [6.45, 7) is 4.99. The molecule has 1 N–H and O–H groups in total. The zero-order valence-corrected chi connectivity index (χ0v) is 12.7. The first-order chi connectivity index (χ1) is 9.61. The molecule has 104 valence electrons. The van der Waals surface area contributed by atoms with Crippen LogP contribution in [0.15, 0.2) is 29.6 Å². The molecule has 0 unspecified atom stereocenters. The quantitative estimate of drug-likeness (QED) is 0.916. The van der Waals surface area contributed by atoms with Gasteiger partial charge in [-0.2, -0.15) is 5.26 Å². The van der Waals surface area contributed by atoms with Crippen LogP contribution in [0.25, 0.3) is 0 Å². The molecule has 0 saturated carbocycles. The third kappa shape index (κ3) is 3.35. The highest BCUT2D eigenvalue weighted by Gasteiger charge is 2.12. The van der Waals surface area contributed by atoms with Crippen molar-refractivity contribution in [2.45, 2.75) is 26.4 Å². The molecule has 0 saturated heterocycles. The van der Waals surface area contributed by atoms with Crippen molar-refractivity contribution in [3.05, 3.63) is 40.9 Å². The fraction of sp³-hybridized carbons (Fsp3) is 0.333. The molecule has 1 aromatic heterocycles. The van der Waals surface area contributed by atoms with Gasteiger partial charge >= 0.3 is 0 Å². The molecule has 0 spiro atoms. The maximum Gasteiger partial charge on any atom is 0.189 e. The van der Waals surface area contributed by atoms with E-state index in [1.807, 2.05) is 36.2 Å². The van der Waals surface area contributed by atoms with Crippen LogP contribution >= 0.6 is 11.3 Å². The number of nitriles is 1. The van der Waals surface area contributed by atoms with Crippen LogP contribution in [0.5, 0.6) is 0 Å². The summed E-state index contributed by atoms with van der Waals surface area (Å²) in [5.41, 5.74) is 2.57. The van der Waals surface area contributed by atoms with E-state index in [4.69, 9.17) is 5.26 Å². The number of aromatic nitrogens is 1. The second kappa shape index (κ2) is 6.51. The first-order valence-corrected chi connectivity index (χ1v) is 7.40. The van der Waals surface area contributed by atoms with E-state index in [1.54, 1.807) is 11.3 Å². The van der Waals surface area contributed by atoms with Crippen molar-refractivity contribution >= 4 is 22.2 Å². The van der Waals surface area contributed by atoms with Gasteiger partial charge in [0.2, 0.25) is 0 Å². The highest BCUT2D eigenvalue weighted by molar-refractivity contribution is 7.13. The summed E-state index contributed by atoms with van der Waals surface area (Å²) in [6, 6.07) is 10.2. The molecule has 0 atom stereocenters. The van der Waals surface area contributed by atoms with Crippen LogP contribution in [-0.4, -0.2) is 18.1 Å². The highest BCUT2D eigenvalue weighted by atomic mass is 32.1. The maximum atomic E-state index is 9.16. The van der Waals surface area contributed by atoms with Gasteiger partial charge < -0.3 is 10.2 Å². The average Bonchev–Trinajstić information content (AvgIpc) is 2.93. The van der Waals surface area contributed by atoms with Gasteiger partial charge in [0.15, 0.2) is 5.13 Å². The zero-order chi connectivity index (χ0) is 14.5. The third-order valence-electron chi connectivity index (χ3n) is 2.90. The number of thiazole rings is 1. The van der Waals surface area contributed by atoms with Gasteiger partial charge in [0.25, 0.3) is 0 Å². The Kier molecular flexibility index (Phi) is 4.72. The van der Waals surface area contributed by atoms with Gasteiger partial charge in [0.1, 0.15) is 6.07 Å². The summed E-state index contributed by atoms with van der Waals surface area (Å²) in [5.74, 6) is 0. The fourth-order valence-electron chi connectivity index (χ4n) is 1.80. The summed E-state index contributed by atoms with van der Waals surface area (Å²) in [4.78, 5) is 6.57. The predicted molar refractivity (Wildman–Crippen MR) is 83.3 cm³/mol. The Morgan fingerprint density at radius 2 is 2.15 bits per heavy atom. The minimum absolute atomic E-state index is 0.442. The van der Waals surface area contributed by atoms with E-state index in [0.29, 0.717) is 11.6 Å². The molecule has 5 heteroatoms. The lowest BCUT2D eigenvalue weighted by Gasteiger charge is -2.17. The molecule has 0 aliphatic carbocycles. The standard InChI is InChI=1S/C15H18N4S/c1-11(2)17-9-13-10-20-15(18-13)19(3)14-7-5-4-6-12(14)8-16/h4-7,10-11,17H,9H2,1-3H3. The van der Waals surface area contributed by atoms with Crippen molar-refractivity contribution in [3.63, 3.8) is 0 Å². The van der Waals surface area contributed by atoms with Crippen LogP contribution in [0.1, 0.15) is 25.1 Å². The minimum Gasteiger partial charge on any atom is -0.320 e. The van der Waals surface area contributed by atoms with Crippen molar-refractivity contribution in [2.24, 2.45) is 0 Å². The highest BCUT2D eigenvalue weighted by Crippen LogP contribution is 2.29. The molecule has 0 amide bonds. The van der Waals surface area contributed by atoms with Crippen molar-refractivity contribution in [1.29, 1.82) is 5.26 Å². The van der Waals surface area contributed by atoms with Crippen molar-refractivity contribution in [2.75, 3.05) is 11.9 Å². The molecule has 1 aromatic carbocycles. The molecule has 0 bridgehead atoms. The lowest BCUT2D eigenvalue weighted by atomic mass is 10.2. The third-order valence-corrected chi connectivity index (χ3v) is 3.87. The van der Waals surface area contributed by atoms with Gasteiger partial charge in [-0.15, -0.1) is 11.3 Å². The first-order valence-electron chi connectivity index (χ1n) is 6.52. The molecule has 1 heterocycles. The Labute approximate surface area is 123 Å². The molecule has 0 fully saturated rings. The van der Waals surface area contributed by atoms with Gasteiger partial charge in [0, 0.05) is 25.0 Å². The predicted octanol–water partition coefficient (Wildman–Crippen LogP) is 3.28. The number of nitrogens with one attached hydrogen (secondary N) is 1. The van der Waals surface area contributed by atoms with Crippen LogP contribution in [0.2, 0.25) is 0 Å². The second-order valence-electron chi connectivity index (χ2n) is 4.84. The SMILES string of the molecule is CC(C)NCc1csc(N(C)c2ccccc2C#N)n1. The van der Waals surface area contributed by atoms with Crippen LogP contribution in [0.3, 0.4) is 0 Å². The Morgan fingerprint density at radius 1 is 1.40 bits per heavy atom. The van der Waals surface area contributed by atoms with Crippen molar-refractivity contribution in [1.82, 2.24) is 10.3 Å². The number of hydrogen-bond donors (Lipinski definition) is 1. The van der Waals surface area contributed by atoms with Crippen LogP contribution in [0, 0.1) is 11.3 Å². The van der Waals surface area contributed by atoms with Gasteiger partial charge in [-0.1, -0.05) is 26.0 Å². The molecule has 0 aliphatic heterocycles. The van der Waals surface area contributed by atoms with E-state index in [1.165, 1.54) is 0 Å². The van der Waals surface area contributed by atoms with Crippen LogP contribution in [0.4, 0.5) is 10.8 Å². The number of benzene rings is 1. The van der Waals surface area contributed by atoms with E-state index < -0.39 is 0 Å². The average molecular weight is 286 g/mol. The van der Waals surface area contributed by atoms with E-state index >= 15 is 0 Å². The van der Waals surface area contributed by atoms with Gasteiger partial charge in [-0.05, 0) is 12.1 Å². The molecule has 2 aromatic rings. The van der Waals surface area contributed by atoms with E-state index in [2.05, 4.69) is 35.6 Å². The Bertz CT molecular complexity index is 612. The molecule has 0 radical (unpaired) electrons. The van der Waals surface area contributed by atoms with Crippen molar-refractivity contribution in [3.8, 4) is 6.07 Å². The maximum absolute atomic E-state index is 9.16. The lowest BCUT2D eigenvalue weighted by Crippen LogP contribution is -2.22. The summed E-state index contributed by atoms with van der Waals surface area (Å²) < 4.78 is 0. The minimum atomic E-state index is 0.442. The second-order valence-corrected chi connectivity index (χ2v) is 5.68. The summed E-state index contributed by atoms with van der Waals surface area (Å²) in [5, 5.41) is 15.5. The zero-order valence-electron chi connectivity index (χ0n) is 11.9. The number of hydrogen-bond acceptors (Lipinski definition) is 5. The van der Waals surface area contributed by atoms with Crippen LogP contribution < -0.4 is 10.2 Å². The topological polar surface area (TPSA) is 52.0 Å². The van der Waals surface area contributed by atoms with E-state index in [9.17, 15) is 0 Å². The number of rotatable bonds is 5. The van der Waals surface area contributed by atoms with Gasteiger partial charge in [-0.25, -0.2) is 4.98 Å². The summed E-state index contributed by atoms with van der Waals surface area (Å²) in [6.07, 6.45) is 0. The normalized spacial score (nSPS) is 10.6. The van der Waals surface area contributed by atoms with E-state index in [-0.39, 0.29) is 0 Å². The van der Waals surface area contributed by atoms with Crippen LogP contribution in [-0.2, 0) is 6.54 Å². The smallest absolute Gasteiger partial charge is 0.189 e. The lowest BCUT2D eigenvalue weighted by molar-refractivity contribution is 0.583. The number of para-hydroxylation sites is 1. The molecule has 4 nitrogen and oxygen atoms in total. The molecule has 0 aliphatic rings. The Hall–Kier alpha value is -1.90. The summed E-state index contributed by atoms with van der Waals surface area (Å²) >= 11 is 1.59. The Balaban J connectivity index is 2.17.